The lowest BCUT2D eigenvalue weighted by molar-refractivity contribution is 0.298. The Hall–Kier alpha value is -2.40. The summed E-state index contributed by atoms with van der Waals surface area (Å²) in [6, 6.07) is 8.92. The maximum absolute atomic E-state index is 13.1. The topological polar surface area (TPSA) is 61.3 Å². The third-order valence-electron chi connectivity index (χ3n) is 2.95. The molecule has 20 heavy (non-hydrogen) atoms. The van der Waals surface area contributed by atoms with E-state index >= 15 is 0 Å². The van der Waals surface area contributed by atoms with Crippen molar-refractivity contribution < 1.29 is 13.5 Å². The third kappa shape index (κ3) is 2.35. The molecule has 2 heterocycles. The van der Waals surface area contributed by atoms with Crippen LogP contribution in [0.1, 0.15) is 11.3 Å². The minimum absolute atomic E-state index is 0.210. The van der Waals surface area contributed by atoms with Gasteiger partial charge >= 0.3 is 0 Å². The summed E-state index contributed by atoms with van der Waals surface area (Å²) >= 11 is 0. The normalized spacial score (nSPS) is 10.9. The van der Waals surface area contributed by atoms with Gasteiger partial charge in [-0.25, -0.2) is 4.39 Å². The highest BCUT2D eigenvalue weighted by atomic mass is 19.1. The monoisotopic (exact) mass is 272 g/mol. The van der Waals surface area contributed by atoms with Gasteiger partial charge in [0.05, 0.1) is 18.1 Å². The van der Waals surface area contributed by atoms with Crippen LogP contribution < -0.4 is 10.5 Å². The van der Waals surface area contributed by atoms with Crippen LogP contribution in [0, 0.1) is 5.82 Å². The van der Waals surface area contributed by atoms with Crippen LogP contribution in [0.2, 0.25) is 0 Å². The molecule has 5 heteroatoms. The van der Waals surface area contributed by atoms with Gasteiger partial charge in [0.1, 0.15) is 18.0 Å². The molecule has 0 aliphatic rings. The van der Waals surface area contributed by atoms with Crippen LogP contribution in [0.5, 0.6) is 5.75 Å². The van der Waals surface area contributed by atoms with Crippen LogP contribution in [0.15, 0.2) is 47.1 Å². The largest absolute Gasteiger partial charge is 0.484 e. The zero-order valence-corrected chi connectivity index (χ0v) is 10.7. The van der Waals surface area contributed by atoms with Crippen LogP contribution in [0.3, 0.4) is 0 Å². The number of hydrogen-bond acceptors (Lipinski definition) is 4. The summed E-state index contributed by atoms with van der Waals surface area (Å²) in [4.78, 5) is 3.79. The van der Waals surface area contributed by atoms with E-state index in [1.807, 2.05) is 24.3 Å². The quantitative estimate of drug-likeness (QED) is 0.793. The van der Waals surface area contributed by atoms with Gasteiger partial charge < -0.3 is 14.9 Å². The fourth-order valence-corrected chi connectivity index (χ4v) is 2.06. The Bertz CT molecular complexity index is 740. The first kappa shape index (κ1) is 12.6. The molecule has 0 spiro atoms. The maximum atomic E-state index is 13.1. The van der Waals surface area contributed by atoms with Crippen LogP contribution in [0.4, 0.5) is 4.39 Å². The van der Waals surface area contributed by atoms with Gasteiger partial charge in [-0.05, 0) is 18.2 Å². The molecule has 0 amide bonds. The first-order valence-electron chi connectivity index (χ1n) is 6.20. The van der Waals surface area contributed by atoms with E-state index in [0.29, 0.717) is 17.1 Å². The van der Waals surface area contributed by atoms with Gasteiger partial charge in [-0.2, -0.15) is 0 Å². The molecule has 0 radical (unpaired) electrons. The fourth-order valence-electron chi connectivity index (χ4n) is 2.06. The number of nitrogens with two attached hydrogens (primary N) is 1. The number of hydrogen-bond donors (Lipinski definition) is 1. The Labute approximate surface area is 115 Å². The van der Waals surface area contributed by atoms with Crippen molar-refractivity contribution in [3.8, 4) is 5.75 Å². The van der Waals surface area contributed by atoms with Crippen molar-refractivity contribution in [3.05, 3.63) is 59.9 Å². The standard InChI is InChI=1S/C15H13FN2O2/c16-11-5-10(7-18-8-11)9-19-15-12-3-1-2-4-13(12)20-14(15)6-17/h1-5,7-8H,6,9,17H2. The second kappa shape index (κ2) is 5.30. The van der Waals surface area contributed by atoms with Gasteiger partial charge in [0.2, 0.25) is 0 Å². The molecule has 4 nitrogen and oxygen atoms in total. The Balaban J connectivity index is 1.90. The van der Waals surface area contributed by atoms with E-state index in [0.717, 1.165) is 17.2 Å². The van der Waals surface area contributed by atoms with Crippen molar-refractivity contribution in [3.63, 3.8) is 0 Å². The number of halogens is 1. The summed E-state index contributed by atoms with van der Waals surface area (Å²) in [6.07, 6.45) is 2.72. The number of fused-ring (bicyclic) bond motifs is 1. The van der Waals surface area contributed by atoms with Crippen LogP contribution in [-0.2, 0) is 13.2 Å². The van der Waals surface area contributed by atoms with Gasteiger partial charge in [0.25, 0.3) is 0 Å². The lowest BCUT2D eigenvalue weighted by Gasteiger charge is -2.06. The number of ether oxygens (including phenoxy) is 1. The first-order valence-corrected chi connectivity index (χ1v) is 6.20. The van der Waals surface area contributed by atoms with Crippen LogP contribution >= 0.6 is 0 Å². The van der Waals surface area contributed by atoms with Gasteiger partial charge in [-0.1, -0.05) is 12.1 Å². The number of nitrogens with zero attached hydrogens (tertiary/aromatic N) is 1. The molecule has 0 fully saturated rings. The van der Waals surface area contributed by atoms with Crippen molar-refractivity contribution in [2.75, 3.05) is 0 Å². The van der Waals surface area contributed by atoms with E-state index in [4.69, 9.17) is 14.9 Å². The third-order valence-corrected chi connectivity index (χ3v) is 2.95. The van der Waals surface area contributed by atoms with E-state index in [2.05, 4.69) is 4.98 Å². The Morgan fingerprint density at radius 2 is 2.10 bits per heavy atom. The van der Waals surface area contributed by atoms with E-state index in [1.54, 1.807) is 6.20 Å². The lowest BCUT2D eigenvalue weighted by Crippen LogP contribution is -2.01. The number of furan rings is 1. The van der Waals surface area contributed by atoms with Gasteiger partial charge in [-0.15, -0.1) is 0 Å². The molecule has 3 aromatic rings. The van der Waals surface area contributed by atoms with E-state index in [1.165, 1.54) is 6.07 Å². The maximum Gasteiger partial charge on any atom is 0.170 e. The number of rotatable bonds is 4. The lowest BCUT2D eigenvalue weighted by atomic mass is 10.2. The van der Waals surface area contributed by atoms with E-state index in [-0.39, 0.29) is 19.0 Å². The molecular weight excluding hydrogens is 259 g/mol. The first-order chi connectivity index (χ1) is 9.78. The summed E-state index contributed by atoms with van der Waals surface area (Å²) in [5.74, 6) is 0.796. The molecule has 0 aliphatic carbocycles. The molecule has 2 aromatic heterocycles. The number of para-hydroxylation sites is 1. The molecule has 0 saturated heterocycles. The van der Waals surface area contributed by atoms with E-state index in [9.17, 15) is 4.39 Å². The Morgan fingerprint density at radius 3 is 2.90 bits per heavy atom. The van der Waals surface area contributed by atoms with Crippen molar-refractivity contribution in [1.29, 1.82) is 0 Å². The Morgan fingerprint density at radius 1 is 1.25 bits per heavy atom. The second-order valence-electron chi connectivity index (χ2n) is 4.35. The zero-order chi connectivity index (χ0) is 13.9. The summed E-state index contributed by atoms with van der Waals surface area (Å²) in [5.41, 5.74) is 7.04. The molecule has 0 atom stereocenters. The molecule has 0 saturated carbocycles. The predicted octanol–water partition coefficient (Wildman–Crippen LogP) is 3.00. The molecule has 0 unspecified atom stereocenters. The van der Waals surface area contributed by atoms with E-state index < -0.39 is 0 Å². The van der Waals surface area contributed by atoms with Crippen LogP contribution in [0.25, 0.3) is 11.0 Å². The molecule has 3 rings (SSSR count). The number of aromatic nitrogens is 1. The predicted molar refractivity (Wildman–Crippen MR) is 72.6 cm³/mol. The van der Waals surface area contributed by atoms with Gasteiger partial charge in [-0.3, -0.25) is 4.98 Å². The van der Waals surface area contributed by atoms with Gasteiger partial charge in [0, 0.05) is 11.8 Å². The molecule has 1 aromatic carbocycles. The molecule has 0 aliphatic heterocycles. The highest BCUT2D eigenvalue weighted by Gasteiger charge is 2.14. The van der Waals surface area contributed by atoms with Crippen molar-refractivity contribution >= 4 is 11.0 Å². The van der Waals surface area contributed by atoms with Gasteiger partial charge in [0.15, 0.2) is 11.5 Å². The second-order valence-corrected chi connectivity index (χ2v) is 4.35. The number of pyridine rings is 1. The summed E-state index contributed by atoms with van der Waals surface area (Å²) in [7, 11) is 0. The highest BCUT2D eigenvalue weighted by Crippen LogP contribution is 2.33. The molecule has 0 bridgehead atoms. The molecular formula is C15H13FN2O2. The average molecular weight is 272 g/mol. The Kier molecular flexibility index (Phi) is 3.35. The van der Waals surface area contributed by atoms with Crippen molar-refractivity contribution in [2.24, 2.45) is 5.73 Å². The zero-order valence-electron chi connectivity index (χ0n) is 10.7. The summed E-state index contributed by atoms with van der Waals surface area (Å²) in [6.45, 7) is 0.451. The SMILES string of the molecule is NCc1oc2ccccc2c1OCc1cncc(F)c1. The summed E-state index contributed by atoms with van der Waals surface area (Å²) < 4.78 is 24.4. The minimum Gasteiger partial charge on any atom is -0.484 e. The van der Waals surface area contributed by atoms with Crippen molar-refractivity contribution in [1.82, 2.24) is 4.98 Å². The highest BCUT2D eigenvalue weighted by molar-refractivity contribution is 5.85. The average Bonchev–Trinajstić information content (AvgIpc) is 2.83. The smallest absolute Gasteiger partial charge is 0.170 e. The number of benzene rings is 1. The molecule has 102 valence electrons. The summed E-state index contributed by atoms with van der Waals surface area (Å²) in [5, 5.41) is 0.859. The van der Waals surface area contributed by atoms with Crippen LogP contribution in [-0.4, -0.2) is 4.98 Å². The molecule has 2 N–H and O–H groups in total. The minimum atomic E-state index is -0.387. The fraction of sp³-hybridized carbons (Fsp3) is 0.133. The van der Waals surface area contributed by atoms with Crippen molar-refractivity contribution in [2.45, 2.75) is 13.2 Å².